The fourth-order valence-corrected chi connectivity index (χ4v) is 12.7. The number of aliphatic hydroxyl groups excluding tert-OH is 1. The number of ether oxygens (including phenoxy) is 4. The van der Waals surface area contributed by atoms with Crippen molar-refractivity contribution >= 4 is 39.5 Å². The van der Waals surface area contributed by atoms with Gasteiger partial charge in [0, 0.05) is 25.7 Å². The van der Waals surface area contributed by atoms with E-state index in [1.54, 1.807) is 0 Å². The first-order valence-electron chi connectivity index (χ1n) is 38.5. The van der Waals surface area contributed by atoms with E-state index in [0.29, 0.717) is 25.7 Å². The molecule has 0 spiro atoms. The van der Waals surface area contributed by atoms with Crippen molar-refractivity contribution in [3.05, 3.63) is 0 Å². The van der Waals surface area contributed by atoms with Gasteiger partial charge in [-0.15, -0.1) is 0 Å². The maximum atomic E-state index is 13.1. The fourth-order valence-electron chi connectivity index (χ4n) is 11.2. The number of hydrogen-bond donors (Lipinski definition) is 3. The van der Waals surface area contributed by atoms with Gasteiger partial charge in [0.2, 0.25) is 0 Å². The Kier molecular flexibility index (Phi) is 63.4. The second-order valence-corrected chi connectivity index (χ2v) is 30.3. The summed E-state index contributed by atoms with van der Waals surface area (Å²) in [6.07, 6.45) is 49.7. The van der Waals surface area contributed by atoms with Crippen molar-refractivity contribution in [2.24, 2.45) is 17.8 Å². The molecule has 17 nitrogen and oxygen atoms in total. The molecule has 0 saturated carbocycles. The Morgan fingerprint density at radius 1 is 0.301 bits per heavy atom. The molecule has 0 aromatic rings. The van der Waals surface area contributed by atoms with E-state index < -0.39 is 97.5 Å². The number of unbranched alkanes of at least 4 members (excludes halogenated alkanes) is 37. The minimum atomic E-state index is -4.96. The summed E-state index contributed by atoms with van der Waals surface area (Å²) in [5.41, 5.74) is 0. The second-order valence-electron chi connectivity index (χ2n) is 27.4. The van der Waals surface area contributed by atoms with Gasteiger partial charge >= 0.3 is 39.5 Å². The molecule has 0 heterocycles. The summed E-state index contributed by atoms with van der Waals surface area (Å²) in [6, 6.07) is 0. The molecule has 552 valence electrons. The minimum absolute atomic E-state index is 0.105. The van der Waals surface area contributed by atoms with Gasteiger partial charge in [0.15, 0.2) is 12.2 Å². The maximum Gasteiger partial charge on any atom is 0.472 e. The Labute approximate surface area is 568 Å². The summed E-state index contributed by atoms with van der Waals surface area (Å²) >= 11 is 0. The molecule has 0 aliphatic heterocycles. The van der Waals surface area contributed by atoms with Crippen LogP contribution in [0.5, 0.6) is 0 Å². The average Bonchev–Trinajstić information content (AvgIpc) is 1.72. The Hall–Kier alpha value is -1.94. The van der Waals surface area contributed by atoms with Crippen molar-refractivity contribution in [2.45, 2.75) is 394 Å². The quantitative estimate of drug-likeness (QED) is 0.0222. The number of carbonyl (C=O) groups excluding carboxylic acids is 4. The predicted molar refractivity (Wildman–Crippen MR) is 377 cm³/mol. The van der Waals surface area contributed by atoms with Crippen LogP contribution in [-0.2, 0) is 65.4 Å². The molecule has 19 heteroatoms. The van der Waals surface area contributed by atoms with E-state index in [-0.39, 0.29) is 25.7 Å². The molecule has 0 radical (unpaired) electrons. The first-order chi connectivity index (χ1) is 44.8. The topological polar surface area (TPSA) is 237 Å². The molecule has 0 aliphatic carbocycles. The van der Waals surface area contributed by atoms with Gasteiger partial charge in [-0.05, 0) is 43.4 Å². The highest BCUT2D eigenvalue weighted by Crippen LogP contribution is 2.45. The first-order valence-corrected chi connectivity index (χ1v) is 41.5. The fraction of sp³-hybridized carbons (Fsp3) is 0.946. The van der Waals surface area contributed by atoms with Crippen LogP contribution in [0.3, 0.4) is 0 Å². The van der Waals surface area contributed by atoms with E-state index in [9.17, 15) is 43.2 Å². The van der Waals surface area contributed by atoms with Crippen molar-refractivity contribution in [1.82, 2.24) is 0 Å². The Balaban J connectivity index is 5.24. The van der Waals surface area contributed by atoms with Gasteiger partial charge in [0.05, 0.1) is 26.4 Å². The molecule has 0 aliphatic rings. The van der Waals surface area contributed by atoms with Crippen molar-refractivity contribution < 1.29 is 80.2 Å². The lowest BCUT2D eigenvalue weighted by Gasteiger charge is -2.21. The third-order valence-corrected chi connectivity index (χ3v) is 20.1. The zero-order valence-electron chi connectivity index (χ0n) is 60.7. The van der Waals surface area contributed by atoms with Crippen molar-refractivity contribution in [1.29, 1.82) is 0 Å². The molecule has 0 rings (SSSR count). The van der Waals surface area contributed by atoms with Gasteiger partial charge in [-0.3, -0.25) is 37.3 Å². The van der Waals surface area contributed by atoms with Crippen LogP contribution in [0.25, 0.3) is 0 Å². The predicted octanol–water partition coefficient (Wildman–Crippen LogP) is 21.4. The zero-order chi connectivity index (χ0) is 68.7. The van der Waals surface area contributed by atoms with Crippen LogP contribution in [-0.4, -0.2) is 96.7 Å². The molecule has 93 heavy (non-hydrogen) atoms. The molecule has 0 fully saturated rings. The average molecular weight is 1370 g/mol. The van der Waals surface area contributed by atoms with Crippen LogP contribution in [0.1, 0.15) is 376 Å². The van der Waals surface area contributed by atoms with Crippen LogP contribution < -0.4 is 0 Å². The Morgan fingerprint density at radius 3 is 0.763 bits per heavy atom. The minimum Gasteiger partial charge on any atom is -0.462 e. The molecule has 8 atom stereocenters. The highest BCUT2D eigenvalue weighted by atomic mass is 31.2. The molecule has 0 aromatic carbocycles. The molecular weight excluding hydrogens is 1220 g/mol. The molecule has 0 bridgehead atoms. The molecule has 5 unspecified atom stereocenters. The van der Waals surface area contributed by atoms with E-state index >= 15 is 0 Å². The molecule has 0 amide bonds. The SMILES string of the molecule is CCCCCCCCCCCC(=O)OC[C@H](COP(=O)(O)OC[C@H](O)COP(=O)(O)OC[C@@H](COC(=O)CCCCCCCCCCCCC(C)CC)OC(=O)CCCCCCCCCCCCCCCCC(C)CC)OC(=O)CCCCCCCCCCC(C)CC. The van der Waals surface area contributed by atoms with Crippen molar-refractivity contribution in [3.8, 4) is 0 Å². The molecular formula is C74H144O17P2. The van der Waals surface area contributed by atoms with Crippen LogP contribution in [0, 0.1) is 17.8 Å². The lowest BCUT2D eigenvalue weighted by Crippen LogP contribution is -2.30. The number of phosphoric acid groups is 2. The zero-order valence-corrected chi connectivity index (χ0v) is 62.5. The molecule has 0 aromatic heterocycles. The number of aliphatic hydroxyl groups is 1. The van der Waals surface area contributed by atoms with Crippen LogP contribution in [0.15, 0.2) is 0 Å². The van der Waals surface area contributed by atoms with Crippen LogP contribution in [0.4, 0.5) is 0 Å². The van der Waals surface area contributed by atoms with Crippen molar-refractivity contribution in [3.63, 3.8) is 0 Å². The summed E-state index contributed by atoms with van der Waals surface area (Å²) in [7, 11) is -9.91. The molecule has 3 N–H and O–H groups in total. The van der Waals surface area contributed by atoms with Crippen LogP contribution >= 0.6 is 15.6 Å². The highest BCUT2D eigenvalue weighted by molar-refractivity contribution is 7.47. The second kappa shape index (κ2) is 64.7. The van der Waals surface area contributed by atoms with E-state index in [0.717, 1.165) is 108 Å². The highest BCUT2D eigenvalue weighted by Gasteiger charge is 2.30. The van der Waals surface area contributed by atoms with E-state index in [1.165, 1.54) is 186 Å². The summed E-state index contributed by atoms with van der Waals surface area (Å²) in [6.45, 7) is 11.9. The number of rotatable bonds is 72. The van der Waals surface area contributed by atoms with E-state index in [1.807, 2.05) is 0 Å². The summed E-state index contributed by atoms with van der Waals surface area (Å²) < 4.78 is 68.4. The molecule has 0 saturated heterocycles. The Bertz CT molecular complexity index is 1820. The third kappa shape index (κ3) is 64.5. The smallest absolute Gasteiger partial charge is 0.462 e. The number of hydrogen-bond acceptors (Lipinski definition) is 15. The van der Waals surface area contributed by atoms with Gasteiger partial charge < -0.3 is 33.8 Å². The number of phosphoric ester groups is 2. The number of esters is 4. The van der Waals surface area contributed by atoms with Gasteiger partial charge in [0.1, 0.15) is 19.3 Å². The van der Waals surface area contributed by atoms with E-state index in [4.69, 9.17) is 37.0 Å². The van der Waals surface area contributed by atoms with Gasteiger partial charge in [-0.25, -0.2) is 9.13 Å². The summed E-state index contributed by atoms with van der Waals surface area (Å²) in [5.74, 6) is 0.303. The lowest BCUT2D eigenvalue weighted by molar-refractivity contribution is -0.161. The van der Waals surface area contributed by atoms with E-state index in [2.05, 4.69) is 48.5 Å². The van der Waals surface area contributed by atoms with Crippen molar-refractivity contribution in [2.75, 3.05) is 39.6 Å². The first kappa shape index (κ1) is 91.1. The van der Waals surface area contributed by atoms with Gasteiger partial charge in [0.25, 0.3) is 0 Å². The monoisotopic (exact) mass is 1370 g/mol. The van der Waals surface area contributed by atoms with Crippen LogP contribution in [0.2, 0.25) is 0 Å². The maximum absolute atomic E-state index is 13.1. The van der Waals surface area contributed by atoms with Gasteiger partial charge in [-0.2, -0.15) is 0 Å². The third-order valence-electron chi connectivity index (χ3n) is 18.2. The number of carbonyl (C=O) groups is 4. The summed E-state index contributed by atoms with van der Waals surface area (Å²) in [5, 5.41) is 10.6. The Morgan fingerprint density at radius 2 is 0.516 bits per heavy atom. The largest absolute Gasteiger partial charge is 0.472 e. The normalized spacial score (nSPS) is 15.0. The van der Waals surface area contributed by atoms with Gasteiger partial charge in [-0.1, -0.05) is 325 Å². The standard InChI is InChI=1S/C74H144O17P2/c1-8-12-13-14-15-24-34-41-48-55-71(76)84-61-70(91-74(79)58-51-44-37-30-29-33-40-47-54-67(7)11-4)64-89-93(82,83)87-60-68(75)59-86-92(80,81)88-63-69(62-85-72(77)56-49-42-35-27-23-22-26-32-39-46-53-66(6)10-3)90-73(78)57-50-43-36-28-21-19-17-16-18-20-25-31-38-45-52-65(5)9-2/h65-70,75H,8-64H2,1-7H3,(H,80,81)(H,82,83)/t65?,66?,67?,68-,69-,70-/m1/s1. The summed E-state index contributed by atoms with van der Waals surface area (Å²) in [4.78, 5) is 72.7. The lowest BCUT2D eigenvalue weighted by atomic mass is 9.99.